The highest BCUT2D eigenvalue weighted by Gasteiger charge is 2.21. The van der Waals surface area contributed by atoms with Gasteiger partial charge in [-0.05, 0) is 30.7 Å². The topological polar surface area (TPSA) is 78.4 Å². The van der Waals surface area contributed by atoms with E-state index in [-0.39, 0.29) is 17.1 Å². The van der Waals surface area contributed by atoms with Gasteiger partial charge < -0.3 is 9.26 Å². The Morgan fingerprint density at radius 2 is 2.00 bits per heavy atom. The Hall–Kier alpha value is -2.63. The van der Waals surface area contributed by atoms with Crippen LogP contribution < -0.4 is 4.74 Å². The Morgan fingerprint density at radius 1 is 1.32 bits per heavy atom. The minimum absolute atomic E-state index is 0.107. The molecule has 0 unspecified atom stereocenters. The van der Waals surface area contributed by atoms with Gasteiger partial charge in [0.05, 0.1) is 12.0 Å². The van der Waals surface area contributed by atoms with Gasteiger partial charge in [-0.3, -0.25) is 10.1 Å². The minimum atomic E-state index is -0.500. The van der Waals surface area contributed by atoms with Gasteiger partial charge in [0.2, 0.25) is 5.76 Å². The Bertz CT molecular complexity index is 614. The van der Waals surface area contributed by atoms with Crippen molar-refractivity contribution in [3.8, 4) is 5.75 Å². The first kappa shape index (κ1) is 12.8. The summed E-state index contributed by atoms with van der Waals surface area (Å²) >= 11 is 0. The molecule has 0 aliphatic rings. The zero-order chi connectivity index (χ0) is 13.8. The number of ether oxygens (including phenoxy) is 1. The van der Waals surface area contributed by atoms with Gasteiger partial charge in [-0.15, -0.1) is 0 Å². The van der Waals surface area contributed by atoms with E-state index < -0.39 is 4.92 Å². The summed E-state index contributed by atoms with van der Waals surface area (Å²) in [7, 11) is 1.59. The largest absolute Gasteiger partial charge is 0.497 e. The van der Waals surface area contributed by atoms with Crippen LogP contribution in [-0.4, -0.2) is 17.2 Å². The van der Waals surface area contributed by atoms with E-state index in [2.05, 4.69) is 5.16 Å². The van der Waals surface area contributed by atoms with Crippen LogP contribution in [0.5, 0.6) is 5.75 Å². The second-order valence-electron chi connectivity index (χ2n) is 3.84. The average molecular weight is 260 g/mol. The summed E-state index contributed by atoms with van der Waals surface area (Å²) in [6.45, 7) is 1.53. The number of hydrogen-bond donors (Lipinski definition) is 0. The molecule has 98 valence electrons. The molecule has 0 saturated heterocycles. The lowest BCUT2D eigenvalue weighted by Gasteiger charge is -1.98. The maximum Gasteiger partial charge on any atom is 0.338 e. The van der Waals surface area contributed by atoms with Crippen LogP contribution in [0.15, 0.2) is 28.8 Å². The van der Waals surface area contributed by atoms with E-state index in [9.17, 15) is 10.1 Å². The molecule has 1 aromatic carbocycles. The summed E-state index contributed by atoms with van der Waals surface area (Å²) < 4.78 is 9.96. The van der Waals surface area contributed by atoms with E-state index in [1.165, 1.54) is 13.0 Å². The van der Waals surface area contributed by atoms with Crippen molar-refractivity contribution in [1.82, 2.24) is 5.16 Å². The molecule has 0 aliphatic heterocycles. The molecule has 0 spiro atoms. The summed E-state index contributed by atoms with van der Waals surface area (Å²) in [6, 6.07) is 7.29. The fourth-order valence-corrected chi connectivity index (χ4v) is 1.60. The Morgan fingerprint density at radius 3 is 2.58 bits per heavy atom. The molecule has 0 fully saturated rings. The smallest absolute Gasteiger partial charge is 0.338 e. The van der Waals surface area contributed by atoms with E-state index in [0.29, 0.717) is 0 Å². The molecule has 0 saturated carbocycles. The Balaban J connectivity index is 2.24. The van der Waals surface area contributed by atoms with Gasteiger partial charge >= 0.3 is 5.69 Å². The van der Waals surface area contributed by atoms with Crippen LogP contribution in [0.1, 0.15) is 17.0 Å². The number of methoxy groups -OCH3 is 1. The van der Waals surface area contributed by atoms with Gasteiger partial charge in [0, 0.05) is 0 Å². The van der Waals surface area contributed by atoms with E-state index in [1.807, 2.05) is 12.1 Å². The summed E-state index contributed by atoms with van der Waals surface area (Å²) in [4.78, 5) is 10.4. The number of nitrogens with zero attached hydrogens (tertiary/aromatic N) is 2. The highest BCUT2D eigenvalue weighted by atomic mass is 16.6. The lowest BCUT2D eigenvalue weighted by atomic mass is 10.2. The summed E-state index contributed by atoms with van der Waals surface area (Å²) in [5.74, 6) is 0.886. The summed E-state index contributed by atoms with van der Waals surface area (Å²) in [6.07, 6.45) is 3.24. The quantitative estimate of drug-likeness (QED) is 0.623. The molecule has 2 aromatic rings. The number of aryl methyl sites for hydroxylation is 1. The fraction of sp³-hybridized carbons (Fsp3) is 0.154. The highest BCUT2D eigenvalue weighted by molar-refractivity contribution is 5.71. The Labute approximate surface area is 109 Å². The van der Waals surface area contributed by atoms with Crippen LogP contribution in [0.3, 0.4) is 0 Å². The SMILES string of the molecule is COc1ccc(/C=C\c2onc(C)c2[N+](=O)[O-])cc1. The van der Waals surface area contributed by atoms with Gasteiger partial charge in [0.1, 0.15) is 5.75 Å². The van der Waals surface area contributed by atoms with E-state index >= 15 is 0 Å². The third-order valence-corrected chi connectivity index (χ3v) is 2.58. The van der Waals surface area contributed by atoms with Crippen LogP contribution in [0.4, 0.5) is 5.69 Å². The molecule has 0 N–H and O–H groups in total. The Kier molecular flexibility index (Phi) is 3.61. The molecule has 0 aliphatic carbocycles. The zero-order valence-corrected chi connectivity index (χ0v) is 10.5. The van der Waals surface area contributed by atoms with Crippen LogP contribution in [0.25, 0.3) is 12.2 Å². The van der Waals surface area contributed by atoms with Gasteiger partial charge in [0.15, 0.2) is 5.69 Å². The molecule has 0 atom stereocenters. The average Bonchev–Trinajstić information content (AvgIpc) is 2.78. The van der Waals surface area contributed by atoms with E-state index in [4.69, 9.17) is 9.26 Å². The second kappa shape index (κ2) is 5.34. The maximum atomic E-state index is 10.9. The van der Waals surface area contributed by atoms with Crippen molar-refractivity contribution in [3.63, 3.8) is 0 Å². The first-order valence-corrected chi connectivity index (χ1v) is 5.54. The standard InChI is InChI=1S/C13H12N2O4/c1-9-13(15(16)17)12(19-14-9)8-5-10-3-6-11(18-2)7-4-10/h3-8H,1-2H3/b8-5-. The van der Waals surface area contributed by atoms with Crippen LogP contribution in [0.2, 0.25) is 0 Å². The predicted octanol–water partition coefficient (Wildman–Crippen LogP) is 3.07. The zero-order valence-electron chi connectivity index (χ0n) is 10.5. The van der Waals surface area contributed by atoms with Gasteiger partial charge in [0.25, 0.3) is 0 Å². The summed E-state index contributed by atoms with van der Waals surface area (Å²) in [5, 5.41) is 14.4. The number of hydrogen-bond acceptors (Lipinski definition) is 5. The predicted molar refractivity (Wildman–Crippen MR) is 69.8 cm³/mol. The normalized spacial score (nSPS) is 10.8. The first-order valence-electron chi connectivity index (χ1n) is 5.54. The van der Waals surface area contributed by atoms with Crippen molar-refractivity contribution in [3.05, 3.63) is 51.4 Å². The molecule has 1 heterocycles. The summed E-state index contributed by atoms with van der Waals surface area (Å²) in [5.41, 5.74) is 1.04. The number of nitro groups is 1. The van der Waals surface area contributed by atoms with Crippen LogP contribution >= 0.6 is 0 Å². The van der Waals surface area contributed by atoms with Crippen molar-refractivity contribution in [2.24, 2.45) is 0 Å². The molecule has 2 rings (SSSR count). The van der Waals surface area contributed by atoms with Crippen molar-refractivity contribution in [1.29, 1.82) is 0 Å². The van der Waals surface area contributed by atoms with E-state index in [1.54, 1.807) is 25.3 Å². The van der Waals surface area contributed by atoms with Gasteiger partial charge in [-0.25, -0.2) is 0 Å². The van der Waals surface area contributed by atoms with Crippen molar-refractivity contribution < 1.29 is 14.2 Å². The van der Waals surface area contributed by atoms with Crippen LogP contribution in [-0.2, 0) is 0 Å². The third-order valence-electron chi connectivity index (χ3n) is 2.58. The molecule has 1 aromatic heterocycles. The molecular formula is C13H12N2O4. The molecule has 6 nitrogen and oxygen atoms in total. The highest BCUT2D eigenvalue weighted by Crippen LogP contribution is 2.24. The molecule has 0 radical (unpaired) electrons. The maximum absolute atomic E-state index is 10.9. The second-order valence-corrected chi connectivity index (χ2v) is 3.84. The molecule has 0 amide bonds. The fourth-order valence-electron chi connectivity index (χ4n) is 1.60. The number of aromatic nitrogens is 1. The number of rotatable bonds is 4. The molecule has 0 bridgehead atoms. The molecule has 19 heavy (non-hydrogen) atoms. The molecular weight excluding hydrogens is 248 g/mol. The first-order chi connectivity index (χ1) is 9.11. The van der Waals surface area contributed by atoms with Crippen molar-refractivity contribution in [2.75, 3.05) is 7.11 Å². The van der Waals surface area contributed by atoms with Gasteiger partial charge in [-0.2, -0.15) is 0 Å². The number of benzene rings is 1. The van der Waals surface area contributed by atoms with Crippen LogP contribution in [0, 0.1) is 17.0 Å². The molecule has 6 heteroatoms. The monoisotopic (exact) mass is 260 g/mol. The van der Waals surface area contributed by atoms with Gasteiger partial charge in [-0.1, -0.05) is 23.4 Å². The van der Waals surface area contributed by atoms with E-state index in [0.717, 1.165) is 11.3 Å². The minimum Gasteiger partial charge on any atom is -0.497 e. The third kappa shape index (κ3) is 2.79. The lowest BCUT2D eigenvalue weighted by Crippen LogP contribution is -1.90. The lowest BCUT2D eigenvalue weighted by molar-refractivity contribution is -0.386. The van der Waals surface area contributed by atoms with Crippen molar-refractivity contribution >= 4 is 17.8 Å². The van der Waals surface area contributed by atoms with Crippen molar-refractivity contribution in [2.45, 2.75) is 6.92 Å².